The molecule has 7 heteroatoms. The molecular formula is C20H26F3N3O. The number of hydrogen-bond donors (Lipinski definition) is 1. The molecule has 0 unspecified atom stereocenters. The molecule has 2 heterocycles. The van der Waals surface area contributed by atoms with Crippen LogP contribution in [0.4, 0.5) is 18.9 Å². The van der Waals surface area contributed by atoms with E-state index in [0.717, 1.165) is 11.5 Å². The SMILES string of the molecule is Cc1cnc(C(C)(C)C)n1Cc1ccc(N2CC[C@H](O)C2)cc1C(F)(F)F. The van der Waals surface area contributed by atoms with Crippen LogP contribution in [0.1, 0.15) is 49.8 Å². The first-order valence-corrected chi connectivity index (χ1v) is 9.12. The second-order valence-electron chi connectivity index (χ2n) is 8.29. The standard InChI is InChI=1S/C20H26F3N3O/c1-13-10-24-18(19(2,3)4)26(13)11-14-5-6-15(9-17(14)20(21,22)23)25-8-7-16(27)12-25/h5-6,9-10,16,27H,7-8,11-12H2,1-4H3/t16-/m0/s1. The predicted molar refractivity (Wildman–Crippen MR) is 99.0 cm³/mol. The average Bonchev–Trinajstić information content (AvgIpc) is 3.13. The van der Waals surface area contributed by atoms with Crippen LogP contribution in [0.3, 0.4) is 0 Å². The summed E-state index contributed by atoms with van der Waals surface area (Å²) in [6, 6.07) is 4.47. The number of nitrogens with zero attached hydrogens (tertiary/aromatic N) is 3. The van der Waals surface area contributed by atoms with Crippen molar-refractivity contribution >= 4 is 5.69 Å². The fraction of sp³-hybridized carbons (Fsp3) is 0.550. The van der Waals surface area contributed by atoms with Crippen molar-refractivity contribution in [3.05, 3.63) is 47.0 Å². The summed E-state index contributed by atoms with van der Waals surface area (Å²) in [5.41, 5.74) is 0.658. The lowest BCUT2D eigenvalue weighted by molar-refractivity contribution is -0.138. The third kappa shape index (κ3) is 4.13. The van der Waals surface area contributed by atoms with Crippen molar-refractivity contribution in [3.63, 3.8) is 0 Å². The van der Waals surface area contributed by atoms with Gasteiger partial charge in [-0.25, -0.2) is 4.98 Å². The van der Waals surface area contributed by atoms with Gasteiger partial charge in [-0.15, -0.1) is 0 Å². The van der Waals surface area contributed by atoms with Crippen LogP contribution >= 0.6 is 0 Å². The molecule has 0 spiro atoms. The number of halogens is 3. The van der Waals surface area contributed by atoms with Gasteiger partial charge in [-0.1, -0.05) is 26.8 Å². The van der Waals surface area contributed by atoms with Gasteiger partial charge in [0.1, 0.15) is 5.82 Å². The third-order valence-electron chi connectivity index (χ3n) is 4.98. The molecule has 148 valence electrons. The monoisotopic (exact) mass is 381 g/mol. The Morgan fingerprint density at radius 2 is 1.93 bits per heavy atom. The van der Waals surface area contributed by atoms with Crippen molar-refractivity contribution in [3.8, 4) is 0 Å². The maximum absolute atomic E-state index is 13.8. The van der Waals surface area contributed by atoms with Crippen molar-refractivity contribution in [2.45, 2.75) is 58.4 Å². The minimum Gasteiger partial charge on any atom is -0.391 e. The maximum Gasteiger partial charge on any atom is 0.416 e. The first-order valence-electron chi connectivity index (χ1n) is 9.12. The van der Waals surface area contributed by atoms with Gasteiger partial charge >= 0.3 is 6.18 Å². The molecule has 1 atom stereocenters. The number of aliphatic hydroxyl groups is 1. The Morgan fingerprint density at radius 3 is 2.48 bits per heavy atom. The molecule has 1 N–H and O–H groups in total. The van der Waals surface area contributed by atoms with Crippen LogP contribution in [-0.2, 0) is 18.1 Å². The quantitative estimate of drug-likeness (QED) is 0.869. The summed E-state index contributed by atoms with van der Waals surface area (Å²) in [4.78, 5) is 6.21. The molecule has 0 aliphatic carbocycles. The minimum absolute atomic E-state index is 0.121. The minimum atomic E-state index is -4.44. The van der Waals surface area contributed by atoms with Gasteiger partial charge in [0.25, 0.3) is 0 Å². The Balaban J connectivity index is 2.00. The summed E-state index contributed by atoms with van der Waals surface area (Å²) in [5.74, 6) is 0.764. The van der Waals surface area contributed by atoms with E-state index in [4.69, 9.17) is 0 Å². The van der Waals surface area contributed by atoms with Crippen LogP contribution in [0, 0.1) is 6.92 Å². The van der Waals surface area contributed by atoms with E-state index < -0.39 is 17.8 Å². The number of rotatable bonds is 3. The fourth-order valence-corrected chi connectivity index (χ4v) is 3.57. The number of β-amino-alcohol motifs (C(OH)–C–C–N with tert-alkyl or cyclic N) is 1. The second-order valence-corrected chi connectivity index (χ2v) is 8.29. The second kappa shape index (κ2) is 6.86. The van der Waals surface area contributed by atoms with Crippen LogP contribution in [-0.4, -0.2) is 33.9 Å². The van der Waals surface area contributed by atoms with Crippen LogP contribution < -0.4 is 4.90 Å². The molecule has 2 aromatic rings. The maximum atomic E-state index is 13.8. The van der Waals surface area contributed by atoms with E-state index in [1.807, 2.05) is 32.3 Å². The molecule has 1 fully saturated rings. The van der Waals surface area contributed by atoms with E-state index >= 15 is 0 Å². The molecule has 27 heavy (non-hydrogen) atoms. The van der Waals surface area contributed by atoms with Crippen LogP contribution in [0.5, 0.6) is 0 Å². The molecule has 3 rings (SSSR count). The van der Waals surface area contributed by atoms with Gasteiger partial charge in [-0.2, -0.15) is 13.2 Å². The average molecular weight is 381 g/mol. The van der Waals surface area contributed by atoms with Gasteiger partial charge in [0.15, 0.2) is 0 Å². The van der Waals surface area contributed by atoms with Crippen molar-refractivity contribution < 1.29 is 18.3 Å². The Morgan fingerprint density at radius 1 is 1.22 bits per heavy atom. The van der Waals surface area contributed by atoms with Gasteiger partial charge in [0.2, 0.25) is 0 Å². The molecule has 1 aliphatic heterocycles. The third-order valence-corrected chi connectivity index (χ3v) is 4.98. The lowest BCUT2D eigenvalue weighted by atomic mass is 9.95. The van der Waals surface area contributed by atoms with E-state index in [9.17, 15) is 18.3 Å². The number of alkyl halides is 3. The molecular weight excluding hydrogens is 355 g/mol. The van der Waals surface area contributed by atoms with E-state index in [1.54, 1.807) is 23.2 Å². The normalized spacial score (nSPS) is 18.4. The van der Waals surface area contributed by atoms with Crippen LogP contribution in [0.2, 0.25) is 0 Å². The predicted octanol–water partition coefficient (Wildman–Crippen LogP) is 4.13. The van der Waals surface area contributed by atoms with Crippen molar-refractivity contribution in [2.75, 3.05) is 18.0 Å². The smallest absolute Gasteiger partial charge is 0.391 e. The Bertz CT molecular complexity index is 821. The fourth-order valence-electron chi connectivity index (χ4n) is 3.57. The summed E-state index contributed by atoms with van der Waals surface area (Å²) in [6.07, 6.45) is -2.65. The zero-order valence-electron chi connectivity index (χ0n) is 16.1. The van der Waals surface area contributed by atoms with E-state index in [0.29, 0.717) is 25.2 Å². The van der Waals surface area contributed by atoms with E-state index in [1.165, 1.54) is 6.07 Å². The van der Waals surface area contributed by atoms with E-state index in [2.05, 4.69) is 4.98 Å². The molecule has 4 nitrogen and oxygen atoms in total. The molecule has 0 amide bonds. The topological polar surface area (TPSA) is 41.3 Å². The Labute approximate surface area is 157 Å². The number of hydrogen-bond acceptors (Lipinski definition) is 3. The molecule has 0 saturated carbocycles. The number of anilines is 1. The van der Waals surface area contributed by atoms with Gasteiger partial charge in [-0.3, -0.25) is 0 Å². The summed E-state index contributed by atoms with van der Waals surface area (Å²) < 4.78 is 43.1. The van der Waals surface area contributed by atoms with Gasteiger partial charge < -0.3 is 14.6 Å². The van der Waals surface area contributed by atoms with Gasteiger partial charge in [-0.05, 0) is 31.0 Å². The highest BCUT2D eigenvalue weighted by atomic mass is 19.4. The molecule has 1 aliphatic rings. The van der Waals surface area contributed by atoms with Crippen molar-refractivity contribution in [1.82, 2.24) is 9.55 Å². The van der Waals surface area contributed by atoms with Crippen molar-refractivity contribution in [2.24, 2.45) is 0 Å². The molecule has 1 saturated heterocycles. The lowest BCUT2D eigenvalue weighted by Gasteiger charge is -2.24. The van der Waals surface area contributed by atoms with Crippen LogP contribution in [0.15, 0.2) is 24.4 Å². The van der Waals surface area contributed by atoms with Crippen LogP contribution in [0.25, 0.3) is 0 Å². The Kier molecular flexibility index (Phi) is 5.01. The van der Waals surface area contributed by atoms with Crippen molar-refractivity contribution in [1.29, 1.82) is 0 Å². The number of aryl methyl sites for hydroxylation is 1. The number of benzene rings is 1. The lowest BCUT2D eigenvalue weighted by Crippen LogP contribution is -2.23. The zero-order chi connectivity index (χ0) is 20.0. The number of imidazole rings is 1. The highest BCUT2D eigenvalue weighted by Gasteiger charge is 2.35. The zero-order valence-corrected chi connectivity index (χ0v) is 16.1. The molecule has 1 aromatic carbocycles. The molecule has 0 radical (unpaired) electrons. The number of aromatic nitrogens is 2. The largest absolute Gasteiger partial charge is 0.416 e. The van der Waals surface area contributed by atoms with Gasteiger partial charge in [0.05, 0.1) is 11.7 Å². The highest BCUT2D eigenvalue weighted by Crippen LogP contribution is 2.36. The van der Waals surface area contributed by atoms with Gasteiger partial charge in [0, 0.05) is 42.6 Å². The first-order chi connectivity index (χ1) is 12.5. The summed E-state index contributed by atoms with van der Waals surface area (Å²) in [6.45, 7) is 8.90. The van der Waals surface area contributed by atoms with E-state index in [-0.39, 0.29) is 17.5 Å². The summed E-state index contributed by atoms with van der Waals surface area (Å²) in [7, 11) is 0. The summed E-state index contributed by atoms with van der Waals surface area (Å²) in [5, 5.41) is 9.68. The molecule has 0 bridgehead atoms. The highest BCUT2D eigenvalue weighted by molar-refractivity contribution is 5.53. The summed E-state index contributed by atoms with van der Waals surface area (Å²) >= 11 is 0. The Hall–Kier alpha value is -2.02. The first kappa shape index (κ1) is 19.7. The number of aliphatic hydroxyl groups excluding tert-OH is 1. The molecule has 1 aromatic heterocycles.